The zero-order valence-corrected chi connectivity index (χ0v) is 13.3. The summed E-state index contributed by atoms with van der Waals surface area (Å²) in [6, 6.07) is -1.05. The van der Waals surface area contributed by atoms with Crippen LogP contribution in [0.5, 0.6) is 0 Å². The highest BCUT2D eigenvalue weighted by Crippen LogP contribution is 2.35. The Labute approximate surface area is 125 Å². The normalized spacial score (nSPS) is 19.5. The number of carbonyl (C=O) groups excluding carboxylic acids is 1. The Morgan fingerprint density at radius 3 is 2.29 bits per heavy atom. The van der Waals surface area contributed by atoms with Gasteiger partial charge in [0.2, 0.25) is 0 Å². The van der Waals surface area contributed by atoms with Crippen LogP contribution in [0.3, 0.4) is 0 Å². The quantitative estimate of drug-likeness (QED) is 0.668. The summed E-state index contributed by atoms with van der Waals surface area (Å²) in [6.45, 7) is 1.66. The number of nitrogens with one attached hydrogen (secondary N) is 2. The molecule has 122 valence electrons. The molecule has 1 aliphatic carbocycles. The summed E-state index contributed by atoms with van der Waals surface area (Å²) in [5.74, 6) is -1.03. The molecule has 8 heteroatoms. The van der Waals surface area contributed by atoms with Crippen LogP contribution in [0.2, 0.25) is 0 Å². The van der Waals surface area contributed by atoms with Gasteiger partial charge >= 0.3 is 12.0 Å². The first-order valence-electron chi connectivity index (χ1n) is 7.10. The summed E-state index contributed by atoms with van der Waals surface area (Å²) < 4.78 is 22.2. The Morgan fingerprint density at radius 1 is 1.24 bits per heavy atom. The molecular formula is C13H24N2O5S. The first kappa shape index (κ1) is 17.7. The average molecular weight is 320 g/mol. The molecule has 2 amide bonds. The Morgan fingerprint density at radius 2 is 1.81 bits per heavy atom. The largest absolute Gasteiger partial charge is 0.481 e. The van der Waals surface area contributed by atoms with Gasteiger partial charge in [0.05, 0.1) is 11.2 Å². The molecule has 0 aliphatic heterocycles. The average Bonchev–Trinajstić information content (AvgIpc) is 2.35. The van der Waals surface area contributed by atoms with Crippen molar-refractivity contribution >= 4 is 21.8 Å². The van der Waals surface area contributed by atoms with Gasteiger partial charge in [-0.05, 0) is 19.8 Å². The lowest BCUT2D eigenvalue weighted by molar-refractivity contribution is -0.150. The lowest BCUT2D eigenvalue weighted by Crippen LogP contribution is -2.49. The zero-order chi connectivity index (χ0) is 16.1. The fourth-order valence-corrected chi connectivity index (χ4v) is 3.71. The summed E-state index contributed by atoms with van der Waals surface area (Å²) in [6.07, 6.45) is 4.93. The molecule has 1 rings (SSSR count). The van der Waals surface area contributed by atoms with Crippen LogP contribution in [0.25, 0.3) is 0 Å². The lowest BCUT2D eigenvalue weighted by Gasteiger charge is -2.33. The van der Waals surface area contributed by atoms with E-state index in [1.165, 1.54) is 0 Å². The van der Waals surface area contributed by atoms with Crippen LogP contribution in [-0.4, -0.2) is 50.1 Å². The van der Waals surface area contributed by atoms with Crippen molar-refractivity contribution in [2.24, 2.45) is 5.41 Å². The zero-order valence-electron chi connectivity index (χ0n) is 12.5. The monoisotopic (exact) mass is 320 g/mol. The van der Waals surface area contributed by atoms with Crippen LogP contribution >= 0.6 is 0 Å². The van der Waals surface area contributed by atoms with Gasteiger partial charge in [-0.3, -0.25) is 4.79 Å². The molecule has 0 aromatic heterocycles. The molecule has 21 heavy (non-hydrogen) atoms. The maximum Gasteiger partial charge on any atom is 0.315 e. The number of urea groups is 1. The van der Waals surface area contributed by atoms with Crippen molar-refractivity contribution in [2.75, 3.05) is 18.6 Å². The number of sulfone groups is 1. The van der Waals surface area contributed by atoms with Crippen molar-refractivity contribution in [3.8, 4) is 0 Å². The van der Waals surface area contributed by atoms with Crippen molar-refractivity contribution in [1.82, 2.24) is 10.6 Å². The standard InChI is InChI=1S/C13H24N2O5S/c1-10(8-21(2,19)20)15-12(18)14-9-13(11(16)17)6-4-3-5-7-13/h10H,3-9H2,1-2H3,(H,16,17)(H2,14,15,18). The van der Waals surface area contributed by atoms with Gasteiger partial charge in [0, 0.05) is 18.8 Å². The van der Waals surface area contributed by atoms with Gasteiger partial charge in [-0.25, -0.2) is 13.2 Å². The van der Waals surface area contributed by atoms with Gasteiger partial charge in [-0.1, -0.05) is 19.3 Å². The summed E-state index contributed by atoms with van der Waals surface area (Å²) in [5.41, 5.74) is -0.893. The molecule has 3 N–H and O–H groups in total. The van der Waals surface area contributed by atoms with Gasteiger partial charge in [0.15, 0.2) is 0 Å². The minimum atomic E-state index is -3.17. The molecular weight excluding hydrogens is 296 g/mol. The van der Waals surface area contributed by atoms with Gasteiger partial charge in [0.25, 0.3) is 0 Å². The van der Waals surface area contributed by atoms with E-state index in [0.29, 0.717) is 12.8 Å². The van der Waals surface area contributed by atoms with Crippen molar-refractivity contribution in [1.29, 1.82) is 0 Å². The molecule has 1 fully saturated rings. The summed E-state index contributed by atoms with van der Waals surface area (Å²) in [5, 5.41) is 14.5. The van der Waals surface area contributed by atoms with Gasteiger partial charge in [-0.2, -0.15) is 0 Å². The molecule has 0 saturated heterocycles. The van der Waals surface area contributed by atoms with E-state index in [1.54, 1.807) is 6.92 Å². The number of carbonyl (C=O) groups is 2. The van der Waals surface area contributed by atoms with Gasteiger partial charge in [0.1, 0.15) is 9.84 Å². The Bertz CT molecular complexity index is 483. The molecule has 0 aromatic rings. The third-order valence-corrected chi connectivity index (χ3v) is 4.89. The second-order valence-corrected chi connectivity index (χ2v) is 8.15. The van der Waals surface area contributed by atoms with E-state index in [0.717, 1.165) is 25.5 Å². The first-order chi connectivity index (χ1) is 9.65. The Balaban J connectivity index is 2.49. The molecule has 0 radical (unpaired) electrons. The van der Waals surface area contributed by atoms with Gasteiger partial charge < -0.3 is 15.7 Å². The van der Waals surface area contributed by atoms with Crippen molar-refractivity contribution in [3.63, 3.8) is 0 Å². The van der Waals surface area contributed by atoms with E-state index in [2.05, 4.69) is 10.6 Å². The second-order valence-electron chi connectivity index (χ2n) is 5.97. The van der Waals surface area contributed by atoms with Crippen molar-refractivity contribution in [3.05, 3.63) is 0 Å². The lowest BCUT2D eigenvalue weighted by atomic mass is 9.74. The number of rotatable bonds is 6. The molecule has 1 unspecified atom stereocenters. The minimum Gasteiger partial charge on any atom is -0.481 e. The van der Waals surface area contributed by atoms with Crippen molar-refractivity contribution in [2.45, 2.75) is 45.1 Å². The SMILES string of the molecule is CC(CS(C)(=O)=O)NC(=O)NCC1(C(=O)O)CCCCC1. The summed E-state index contributed by atoms with van der Waals surface area (Å²) in [4.78, 5) is 23.2. The van der Waals surface area contributed by atoms with E-state index < -0.39 is 33.3 Å². The number of carboxylic acids is 1. The number of hydrogen-bond acceptors (Lipinski definition) is 4. The highest BCUT2D eigenvalue weighted by Gasteiger charge is 2.39. The Kier molecular flexibility index (Phi) is 6.00. The maximum atomic E-state index is 11.7. The molecule has 0 bridgehead atoms. The Hall–Kier alpha value is -1.31. The van der Waals surface area contributed by atoms with Crippen LogP contribution in [0.1, 0.15) is 39.0 Å². The predicted molar refractivity (Wildman–Crippen MR) is 78.9 cm³/mol. The first-order valence-corrected chi connectivity index (χ1v) is 9.16. The highest BCUT2D eigenvalue weighted by atomic mass is 32.2. The van der Waals surface area contributed by atoms with Crippen LogP contribution in [-0.2, 0) is 14.6 Å². The summed E-state index contributed by atoms with van der Waals surface area (Å²) in [7, 11) is -3.17. The van der Waals surface area contributed by atoms with Crippen LogP contribution < -0.4 is 10.6 Å². The number of hydrogen-bond donors (Lipinski definition) is 3. The van der Waals surface area contributed by atoms with Crippen molar-refractivity contribution < 1.29 is 23.1 Å². The molecule has 7 nitrogen and oxygen atoms in total. The van der Waals surface area contributed by atoms with E-state index in [-0.39, 0.29) is 12.3 Å². The maximum absolute atomic E-state index is 11.7. The van der Waals surface area contributed by atoms with E-state index in [1.807, 2.05) is 0 Å². The van der Waals surface area contributed by atoms with Crippen LogP contribution in [0.4, 0.5) is 4.79 Å². The van der Waals surface area contributed by atoms with Crippen LogP contribution in [0, 0.1) is 5.41 Å². The topological polar surface area (TPSA) is 113 Å². The minimum absolute atomic E-state index is 0.0692. The number of carboxylic acid groups (broad SMARTS) is 1. The third-order valence-electron chi connectivity index (χ3n) is 3.78. The number of amides is 2. The number of aliphatic carboxylic acids is 1. The second kappa shape index (κ2) is 7.11. The fraction of sp³-hybridized carbons (Fsp3) is 0.846. The van der Waals surface area contributed by atoms with E-state index in [9.17, 15) is 23.1 Å². The highest BCUT2D eigenvalue weighted by molar-refractivity contribution is 7.90. The molecule has 1 atom stereocenters. The third kappa shape index (κ3) is 5.91. The molecule has 0 heterocycles. The van der Waals surface area contributed by atoms with Gasteiger partial charge in [-0.15, -0.1) is 0 Å². The molecule has 0 aromatic carbocycles. The van der Waals surface area contributed by atoms with Crippen LogP contribution in [0.15, 0.2) is 0 Å². The van der Waals surface area contributed by atoms with E-state index >= 15 is 0 Å². The molecule has 1 saturated carbocycles. The summed E-state index contributed by atoms with van der Waals surface area (Å²) >= 11 is 0. The smallest absolute Gasteiger partial charge is 0.315 e. The predicted octanol–water partition coefficient (Wildman–Crippen LogP) is 0.754. The molecule has 0 spiro atoms. The fourth-order valence-electron chi connectivity index (χ4n) is 2.71. The molecule has 1 aliphatic rings. The van der Waals surface area contributed by atoms with E-state index in [4.69, 9.17) is 0 Å².